The lowest BCUT2D eigenvalue weighted by atomic mass is 9.60. The second-order valence-electron chi connectivity index (χ2n) is 24.0. The van der Waals surface area contributed by atoms with E-state index in [1.165, 1.54) is 5.57 Å². The van der Waals surface area contributed by atoms with Crippen LogP contribution in [-0.4, -0.2) is 55.6 Å². The summed E-state index contributed by atoms with van der Waals surface area (Å²) in [6.07, 6.45) is 5.88. The largest absolute Gasteiger partial charge is 0.378 e. The lowest BCUT2D eigenvalue weighted by Gasteiger charge is -2.49. The zero-order chi connectivity index (χ0) is 45.4. The first-order valence-corrected chi connectivity index (χ1v) is 23.0. The third-order valence-corrected chi connectivity index (χ3v) is 14.7. The van der Waals surface area contributed by atoms with Gasteiger partial charge in [0.1, 0.15) is 7.85 Å². The summed E-state index contributed by atoms with van der Waals surface area (Å²) in [5.74, 6) is 1.34. The van der Waals surface area contributed by atoms with Crippen LogP contribution in [0.4, 0.5) is 0 Å². The molecule has 0 rings (SSSR count). The molecule has 0 aliphatic heterocycles. The second kappa shape index (κ2) is 22.0. The van der Waals surface area contributed by atoms with Crippen molar-refractivity contribution in [2.24, 2.45) is 57.2 Å². The minimum absolute atomic E-state index is 0.0590. The smallest absolute Gasteiger partial charge is 0.143 e. The van der Waals surface area contributed by atoms with Crippen molar-refractivity contribution < 1.29 is 26.2 Å². The zero-order valence-corrected chi connectivity index (χ0v) is 44.8. The normalized spacial score (nSPS) is 19.2. The highest BCUT2D eigenvalue weighted by molar-refractivity contribution is 7.75. The van der Waals surface area contributed by atoms with Gasteiger partial charge in [-0.15, -0.1) is 0 Å². The van der Waals surface area contributed by atoms with Crippen molar-refractivity contribution >= 4 is 59.5 Å². The van der Waals surface area contributed by atoms with Crippen molar-refractivity contribution in [3.63, 3.8) is 0 Å². The van der Waals surface area contributed by atoms with Crippen LogP contribution in [0.5, 0.6) is 0 Å². The van der Waals surface area contributed by atoms with Crippen LogP contribution >= 0.6 is 51.6 Å². The molecule has 0 saturated heterocycles. The monoisotopic (exact) mass is 881 g/mol. The van der Waals surface area contributed by atoms with E-state index >= 15 is 0 Å². The van der Waals surface area contributed by atoms with Gasteiger partial charge in [-0.3, -0.25) is 0 Å². The summed E-state index contributed by atoms with van der Waals surface area (Å²) >= 11 is 16.8. The van der Waals surface area contributed by atoms with Crippen LogP contribution in [0.3, 0.4) is 0 Å². The Morgan fingerprint density at radius 1 is 0.544 bits per heavy atom. The van der Waals surface area contributed by atoms with Gasteiger partial charge >= 0.3 is 0 Å². The van der Waals surface area contributed by atoms with Gasteiger partial charge < -0.3 is 26.2 Å². The van der Waals surface area contributed by atoms with Gasteiger partial charge in [0.05, 0.1) is 42.2 Å². The molecule has 57 heavy (non-hydrogen) atoms. The molecule has 0 spiro atoms. The number of hydrogen-bond donors (Lipinski definition) is 4. The van der Waals surface area contributed by atoms with Gasteiger partial charge in [-0.25, -0.2) is 0 Å². The summed E-state index contributed by atoms with van der Waals surface area (Å²) < 4.78 is 36.6. The summed E-state index contributed by atoms with van der Waals surface area (Å²) in [5, 5.41) is 0. The van der Waals surface area contributed by atoms with Crippen molar-refractivity contribution in [1.29, 1.82) is 0 Å². The fourth-order valence-corrected chi connectivity index (χ4v) is 10.9. The highest BCUT2D eigenvalue weighted by atomic mass is 32.1. The molecule has 0 N–H and O–H groups in total. The predicted molar refractivity (Wildman–Crippen MR) is 261 cm³/mol. The van der Waals surface area contributed by atoms with Crippen LogP contribution < -0.4 is 0 Å². The van der Waals surface area contributed by atoms with E-state index in [1.807, 2.05) is 0 Å². The summed E-state index contributed by atoms with van der Waals surface area (Å²) in [6.45, 7) is 51.3. The molecule has 0 saturated carbocycles. The molecule has 340 valence electrons. The predicted octanol–water partition coefficient (Wildman–Crippen LogP) is 13.3. The van der Waals surface area contributed by atoms with E-state index in [9.17, 15) is 0 Å². The topological polar surface area (TPSA) is 55.4 Å². The first-order chi connectivity index (χ1) is 25.3. The maximum absolute atomic E-state index is 7.30. The van der Waals surface area contributed by atoms with Crippen LogP contribution in [0.1, 0.15) is 178 Å². The van der Waals surface area contributed by atoms with Crippen LogP contribution in [0.25, 0.3) is 0 Å². The Morgan fingerprint density at radius 3 is 1.25 bits per heavy atom. The van der Waals surface area contributed by atoms with Crippen molar-refractivity contribution in [3.05, 3.63) is 11.6 Å². The molecule has 7 unspecified atom stereocenters. The molecule has 0 heterocycles. The molecule has 0 aliphatic rings. The third kappa shape index (κ3) is 19.5. The molecule has 0 aliphatic carbocycles. The summed E-state index contributed by atoms with van der Waals surface area (Å²) in [6, 6.07) is 0. The molecule has 0 fully saturated rings. The van der Waals surface area contributed by atoms with E-state index in [4.69, 9.17) is 26.2 Å². The first kappa shape index (κ1) is 58.0. The number of ether oxygens (including phenoxy) is 2. The molecule has 6 nitrogen and oxygen atoms in total. The molecule has 11 heteroatoms. The second-order valence-corrected chi connectivity index (χ2v) is 24.9. The fourth-order valence-electron chi connectivity index (χ4n) is 10.4. The molecule has 0 bridgehead atoms. The Hall–Kier alpha value is 0.965. The van der Waals surface area contributed by atoms with Gasteiger partial charge in [0.15, 0.2) is 0 Å². The molecule has 0 radical (unpaired) electrons. The fraction of sp³-hybridized carbons (Fsp3) is 0.957. The van der Waals surface area contributed by atoms with Gasteiger partial charge in [-0.1, -0.05) is 94.7 Å². The van der Waals surface area contributed by atoms with Crippen molar-refractivity contribution in [2.45, 2.75) is 206 Å². The minimum atomic E-state index is -0.469. The lowest BCUT2D eigenvalue weighted by molar-refractivity contribution is -0.153. The van der Waals surface area contributed by atoms with E-state index in [2.05, 4.69) is 218 Å². The van der Waals surface area contributed by atoms with E-state index in [-0.39, 0.29) is 68.1 Å². The number of rotatable bonds is 27. The summed E-state index contributed by atoms with van der Waals surface area (Å²) in [4.78, 5) is 0. The van der Waals surface area contributed by atoms with Crippen molar-refractivity contribution in [2.75, 3.05) is 19.8 Å². The van der Waals surface area contributed by atoms with Crippen molar-refractivity contribution in [3.8, 4) is 0 Å². The average Bonchev–Trinajstić information content (AvgIpc) is 2.99. The van der Waals surface area contributed by atoms with E-state index in [0.29, 0.717) is 25.7 Å². The summed E-state index contributed by atoms with van der Waals surface area (Å²) in [5.41, 5.74) is -0.943. The quantitative estimate of drug-likeness (QED) is 0.0285. The van der Waals surface area contributed by atoms with Gasteiger partial charge in [-0.2, -0.15) is 0 Å². The van der Waals surface area contributed by atoms with Crippen LogP contribution in [-0.2, 0) is 26.2 Å². The van der Waals surface area contributed by atoms with Crippen LogP contribution in [0, 0.1) is 57.2 Å². The maximum atomic E-state index is 7.30. The molecular weight excluding hydrogens is 788 g/mol. The minimum Gasteiger partial charge on any atom is -0.378 e. The van der Waals surface area contributed by atoms with E-state index < -0.39 is 11.1 Å². The Morgan fingerprint density at radius 2 is 0.912 bits per heavy atom. The van der Waals surface area contributed by atoms with Gasteiger partial charge in [-0.05, 0) is 204 Å². The Balaban J connectivity index is 6.69. The SMILES string of the molecule is BC(C)(OC(C)(C)CC(C)C(COS)C(C)(C)CC(C)(C)OS)C(C)C(COC(C)(C)CC(C)C(COS)C(C)(C)CC(C)(C)OS)C(C)(C)/C=C(\C)C(C)(C)C. The van der Waals surface area contributed by atoms with Crippen LogP contribution in [0.2, 0.25) is 0 Å². The summed E-state index contributed by atoms with van der Waals surface area (Å²) in [7, 11) is 2.27. The van der Waals surface area contributed by atoms with Gasteiger partial charge in [0.2, 0.25) is 0 Å². The molecular formula is C46H93BO6S4. The lowest BCUT2D eigenvalue weighted by Crippen LogP contribution is -2.51. The highest BCUT2D eigenvalue weighted by Crippen LogP contribution is 2.48. The number of thiol groups is 4. The van der Waals surface area contributed by atoms with E-state index in [0.717, 1.165) is 25.7 Å². The first-order valence-electron chi connectivity index (χ1n) is 21.5. The Kier molecular flexibility index (Phi) is 22.4. The molecule has 7 atom stereocenters. The Bertz CT molecular complexity index is 1220. The van der Waals surface area contributed by atoms with Crippen molar-refractivity contribution in [1.82, 2.24) is 0 Å². The highest BCUT2D eigenvalue weighted by Gasteiger charge is 2.46. The average molecular weight is 881 g/mol. The van der Waals surface area contributed by atoms with Gasteiger partial charge in [0.25, 0.3) is 0 Å². The standard InChI is InChI=1S/C46H93BO6S4/c1-31(35(27-49-54)40(10,11)29-44(18,19)52-56)23-42(14,15)48-26-37(39(8,9)25-33(3)38(5,6)7)34(4)46(22,47)51-43(16,17)24-32(2)36(28-50-55)41(12,13)30-45(20,21)53-57/h25,31-32,34-37,54-57H,23-24,26-30,47H2,1-22H3/b33-25+. The van der Waals surface area contributed by atoms with E-state index in [1.54, 1.807) is 0 Å². The van der Waals surface area contributed by atoms with Crippen LogP contribution in [0.15, 0.2) is 11.6 Å². The molecule has 0 aromatic carbocycles. The number of allylic oxidation sites excluding steroid dienone is 2. The molecule has 0 amide bonds. The third-order valence-electron chi connectivity index (χ3n) is 13.4. The molecule has 0 aromatic rings. The maximum Gasteiger partial charge on any atom is 0.143 e. The molecule has 0 aromatic heterocycles. The Labute approximate surface area is 378 Å². The zero-order valence-electron chi connectivity index (χ0n) is 41.2. The van der Waals surface area contributed by atoms with Gasteiger partial charge in [0, 0.05) is 5.50 Å². The number of hydrogen-bond acceptors (Lipinski definition) is 10.